The number of aliphatic carboxylic acids is 1. The number of nitrogens with zero attached hydrogens (tertiary/aromatic N) is 2. The molecular weight excluding hydrogens is 284 g/mol. The van der Waals surface area contributed by atoms with Crippen molar-refractivity contribution >= 4 is 11.9 Å². The highest BCUT2D eigenvalue weighted by atomic mass is 16.5. The van der Waals surface area contributed by atoms with E-state index >= 15 is 0 Å². The fraction of sp³-hybridized carbons (Fsp3) is 0.438. The number of hydrogen-bond donors (Lipinski definition) is 1. The van der Waals surface area contributed by atoms with E-state index in [0.717, 1.165) is 5.56 Å². The van der Waals surface area contributed by atoms with Crippen molar-refractivity contribution in [2.24, 2.45) is 11.8 Å². The molecule has 22 heavy (non-hydrogen) atoms. The van der Waals surface area contributed by atoms with Crippen LogP contribution < -0.4 is 0 Å². The zero-order valence-electron chi connectivity index (χ0n) is 12.0. The van der Waals surface area contributed by atoms with Gasteiger partial charge in [-0.1, -0.05) is 12.2 Å². The van der Waals surface area contributed by atoms with Gasteiger partial charge in [0.15, 0.2) is 0 Å². The summed E-state index contributed by atoms with van der Waals surface area (Å²) in [6.07, 6.45) is 6.55. The average molecular weight is 300 g/mol. The Morgan fingerprint density at radius 2 is 2.23 bits per heavy atom. The van der Waals surface area contributed by atoms with Gasteiger partial charge in [0.05, 0.1) is 24.6 Å². The maximum atomic E-state index is 12.8. The maximum absolute atomic E-state index is 12.8. The summed E-state index contributed by atoms with van der Waals surface area (Å²) in [6, 6.07) is 3.60. The van der Waals surface area contributed by atoms with Gasteiger partial charge in [-0.05, 0) is 24.6 Å². The Bertz CT molecular complexity index is 674. The molecule has 4 heterocycles. The molecule has 0 aliphatic carbocycles. The predicted octanol–water partition coefficient (Wildman–Crippen LogP) is 1.01. The molecule has 1 aromatic rings. The number of fused-ring (bicyclic) bond motifs is 1. The van der Waals surface area contributed by atoms with Crippen LogP contribution in [-0.4, -0.2) is 45.1 Å². The van der Waals surface area contributed by atoms with Crippen LogP contribution >= 0.6 is 0 Å². The van der Waals surface area contributed by atoms with Crippen molar-refractivity contribution in [1.29, 1.82) is 0 Å². The molecule has 5 atom stereocenters. The number of pyridine rings is 1. The maximum Gasteiger partial charge on any atom is 0.310 e. The first-order valence-electron chi connectivity index (χ1n) is 7.34. The SMILES string of the molecule is C[C@@H](c1ccncc1)N1C[C@]23C=C[C@H](O2)[C@H](C(=O)O)[C@@H]3C1=O. The summed E-state index contributed by atoms with van der Waals surface area (Å²) in [5, 5.41) is 9.45. The van der Waals surface area contributed by atoms with Crippen LogP contribution in [0.15, 0.2) is 36.7 Å². The summed E-state index contributed by atoms with van der Waals surface area (Å²) in [6.45, 7) is 2.34. The molecular formula is C16H16N2O4. The first kappa shape index (κ1) is 13.5. The van der Waals surface area contributed by atoms with E-state index in [0.29, 0.717) is 6.54 Å². The second kappa shape index (κ2) is 4.39. The molecule has 1 aromatic heterocycles. The molecule has 3 aliphatic heterocycles. The molecule has 3 aliphatic rings. The first-order valence-corrected chi connectivity index (χ1v) is 7.34. The lowest BCUT2D eigenvalue weighted by molar-refractivity contribution is -0.148. The second-order valence-electron chi connectivity index (χ2n) is 6.16. The van der Waals surface area contributed by atoms with E-state index in [4.69, 9.17) is 4.74 Å². The number of rotatable bonds is 3. The number of amides is 1. The summed E-state index contributed by atoms with van der Waals surface area (Å²) < 4.78 is 5.88. The molecule has 0 unspecified atom stereocenters. The number of carbonyl (C=O) groups excluding carboxylic acids is 1. The third-order valence-corrected chi connectivity index (χ3v) is 5.07. The highest BCUT2D eigenvalue weighted by molar-refractivity contribution is 5.91. The molecule has 0 aromatic carbocycles. The summed E-state index contributed by atoms with van der Waals surface area (Å²) in [5.74, 6) is -2.51. The first-order chi connectivity index (χ1) is 10.5. The van der Waals surface area contributed by atoms with Crippen molar-refractivity contribution in [2.45, 2.75) is 24.7 Å². The number of ether oxygens (including phenoxy) is 1. The molecule has 1 N–H and O–H groups in total. The zero-order valence-corrected chi connectivity index (χ0v) is 12.0. The Morgan fingerprint density at radius 1 is 1.50 bits per heavy atom. The Morgan fingerprint density at radius 3 is 2.91 bits per heavy atom. The third-order valence-electron chi connectivity index (χ3n) is 5.07. The van der Waals surface area contributed by atoms with Gasteiger partial charge in [0, 0.05) is 12.4 Å². The Balaban J connectivity index is 1.68. The van der Waals surface area contributed by atoms with Crippen LogP contribution in [-0.2, 0) is 14.3 Å². The van der Waals surface area contributed by atoms with E-state index in [1.807, 2.05) is 25.1 Å². The van der Waals surface area contributed by atoms with Gasteiger partial charge in [-0.25, -0.2) is 0 Å². The molecule has 0 saturated carbocycles. The molecule has 1 amide bonds. The monoisotopic (exact) mass is 300 g/mol. The van der Waals surface area contributed by atoms with E-state index in [-0.39, 0.29) is 11.9 Å². The van der Waals surface area contributed by atoms with Crippen LogP contribution in [0.25, 0.3) is 0 Å². The molecule has 114 valence electrons. The van der Waals surface area contributed by atoms with Gasteiger partial charge < -0.3 is 14.7 Å². The largest absolute Gasteiger partial charge is 0.481 e. The number of aromatic nitrogens is 1. The molecule has 2 bridgehead atoms. The highest BCUT2D eigenvalue weighted by Crippen LogP contribution is 2.53. The highest BCUT2D eigenvalue weighted by Gasteiger charge is 2.67. The average Bonchev–Trinajstić information content (AvgIpc) is 3.15. The lowest BCUT2D eigenvalue weighted by Gasteiger charge is -2.27. The van der Waals surface area contributed by atoms with Gasteiger partial charge in [-0.15, -0.1) is 0 Å². The van der Waals surface area contributed by atoms with E-state index in [1.54, 1.807) is 23.4 Å². The minimum absolute atomic E-state index is 0.136. The van der Waals surface area contributed by atoms with Crippen molar-refractivity contribution in [3.8, 4) is 0 Å². The van der Waals surface area contributed by atoms with Crippen molar-refractivity contribution in [3.63, 3.8) is 0 Å². The molecule has 2 saturated heterocycles. The van der Waals surface area contributed by atoms with Crippen LogP contribution in [0.2, 0.25) is 0 Å². The number of carboxylic acid groups (broad SMARTS) is 1. The minimum Gasteiger partial charge on any atom is -0.481 e. The number of carbonyl (C=O) groups is 2. The standard InChI is InChI=1S/C16H16N2O4/c1-9(10-3-6-17-7-4-10)18-8-16-5-2-11(22-16)12(15(20)21)13(16)14(18)19/h2-7,9,11-13H,8H2,1H3,(H,20,21)/t9-,11-,12-,13+,16-/m0/s1. The second-order valence-corrected chi connectivity index (χ2v) is 6.16. The van der Waals surface area contributed by atoms with E-state index in [1.165, 1.54) is 0 Å². The molecule has 1 spiro atoms. The topological polar surface area (TPSA) is 79.7 Å². The van der Waals surface area contributed by atoms with Crippen LogP contribution in [0.4, 0.5) is 0 Å². The Kier molecular flexibility index (Phi) is 2.69. The van der Waals surface area contributed by atoms with Gasteiger partial charge in [0.2, 0.25) is 5.91 Å². The van der Waals surface area contributed by atoms with Crippen LogP contribution in [0, 0.1) is 11.8 Å². The predicted molar refractivity (Wildman–Crippen MR) is 75.7 cm³/mol. The quantitative estimate of drug-likeness (QED) is 0.843. The van der Waals surface area contributed by atoms with Crippen molar-refractivity contribution in [3.05, 3.63) is 42.2 Å². The third kappa shape index (κ3) is 1.61. The normalized spacial score (nSPS) is 36.7. The smallest absolute Gasteiger partial charge is 0.310 e. The van der Waals surface area contributed by atoms with Crippen molar-refractivity contribution in [1.82, 2.24) is 9.88 Å². The fourth-order valence-electron chi connectivity index (χ4n) is 3.96. The number of hydrogen-bond acceptors (Lipinski definition) is 4. The Labute approximate surface area is 127 Å². The van der Waals surface area contributed by atoms with Gasteiger partial charge in [0.25, 0.3) is 0 Å². The molecule has 0 radical (unpaired) electrons. The van der Waals surface area contributed by atoms with Crippen LogP contribution in [0.3, 0.4) is 0 Å². The minimum atomic E-state index is -0.965. The molecule has 6 nitrogen and oxygen atoms in total. The van der Waals surface area contributed by atoms with Crippen LogP contribution in [0.1, 0.15) is 18.5 Å². The zero-order chi connectivity index (χ0) is 15.5. The van der Waals surface area contributed by atoms with Crippen LogP contribution in [0.5, 0.6) is 0 Å². The van der Waals surface area contributed by atoms with Crippen molar-refractivity contribution < 1.29 is 19.4 Å². The summed E-state index contributed by atoms with van der Waals surface area (Å²) in [4.78, 5) is 30.1. The van der Waals surface area contributed by atoms with E-state index in [9.17, 15) is 14.7 Å². The summed E-state index contributed by atoms with van der Waals surface area (Å²) in [7, 11) is 0. The lowest BCUT2D eigenvalue weighted by Crippen LogP contribution is -2.39. The Hall–Kier alpha value is -2.21. The summed E-state index contributed by atoms with van der Waals surface area (Å²) in [5.41, 5.74) is 0.205. The van der Waals surface area contributed by atoms with Gasteiger partial charge in [-0.3, -0.25) is 14.6 Å². The number of carboxylic acids is 1. The van der Waals surface area contributed by atoms with Crippen molar-refractivity contribution in [2.75, 3.05) is 6.54 Å². The van der Waals surface area contributed by atoms with Gasteiger partial charge in [0.1, 0.15) is 11.5 Å². The van der Waals surface area contributed by atoms with Gasteiger partial charge in [-0.2, -0.15) is 0 Å². The number of likely N-dealkylation sites (tertiary alicyclic amines) is 1. The lowest BCUT2D eigenvalue weighted by atomic mass is 9.77. The van der Waals surface area contributed by atoms with E-state index in [2.05, 4.69) is 4.98 Å². The molecule has 2 fully saturated rings. The van der Waals surface area contributed by atoms with Gasteiger partial charge >= 0.3 is 5.97 Å². The molecule has 6 heteroatoms. The fourth-order valence-corrected chi connectivity index (χ4v) is 3.96. The molecule has 4 rings (SSSR count). The van der Waals surface area contributed by atoms with E-state index < -0.39 is 29.5 Å². The summed E-state index contributed by atoms with van der Waals surface area (Å²) >= 11 is 0.